The summed E-state index contributed by atoms with van der Waals surface area (Å²) in [5.41, 5.74) is 3.59. The molecule has 1 atom stereocenters. The fourth-order valence-electron chi connectivity index (χ4n) is 3.49. The zero-order valence-electron chi connectivity index (χ0n) is 18.1. The number of amides is 2. The zero-order valence-corrected chi connectivity index (χ0v) is 18.9. The van der Waals surface area contributed by atoms with Crippen molar-refractivity contribution in [1.29, 1.82) is 0 Å². The number of hydrogen-bond donors (Lipinski definition) is 3. The van der Waals surface area contributed by atoms with Crippen LogP contribution in [0.15, 0.2) is 66.7 Å². The highest BCUT2D eigenvalue weighted by Gasteiger charge is 2.26. The molecule has 1 unspecified atom stereocenters. The molecule has 3 aromatic carbocycles. The normalized spacial score (nSPS) is 14.6. The molecule has 1 heterocycles. The predicted octanol–water partition coefficient (Wildman–Crippen LogP) is 4.43. The first-order valence-corrected chi connectivity index (χ1v) is 11.6. The molecule has 0 radical (unpaired) electrons. The summed E-state index contributed by atoms with van der Waals surface area (Å²) < 4.78 is 18.5. The van der Waals surface area contributed by atoms with Crippen molar-refractivity contribution in [3.05, 3.63) is 89.2 Å². The molecule has 0 bridgehead atoms. The first kappa shape index (κ1) is 22.7. The van der Waals surface area contributed by atoms with E-state index in [-0.39, 0.29) is 17.6 Å². The molecule has 0 aromatic heterocycles. The van der Waals surface area contributed by atoms with Crippen LogP contribution < -0.4 is 20.7 Å². The van der Waals surface area contributed by atoms with Gasteiger partial charge in [-0.05, 0) is 53.6 Å². The third-order valence-corrected chi connectivity index (χ3v) is 6.32. The van der Waals surface area contributed by atoms with E-state index < -0.39 is 6.04 Å². The first-order valence-electron chi connectivity index (χ1n) is 10.5. The van der Waals surface area contributed by atoms with E-state index in [4.69, 9.17) is 4.74 Å². The Kier molecular flexibility index (Phi) is 7.14. The van der Waals surface area contributed by atoms with Crippen molar-refractivity contribution in [3.63, 3.8) is 0 Å². The van der Waals surface area contributed by atoms with Crippen LogP contribution in [-0.4, -0.2) is 30.7 Å². The summed E-state index contributed by atoms with van der Waals surface area (Å²) in [7, 11) is 1.60. The van der Waals surface area contributed by atoms with Gasteiger partial charge in [-0.1, -0.05) is 24.3 Å². The highest BCUT2D eigenvalue weighted by atomic mass is 32.2. The second-order valence-corrected chi connectivity index (χ2v) is 8.66. The maximum Gasteiger partial charge on any atom is 0.251 e. The number of anilines is 2. The number of carbonyl (C=O) groups is 2. The lowest BCUT2D eigenvalue weighted by atomic mass is 10.1. The van der Waals surface area contributed by atoms with Gasteiger partial charge in [-0.15, -0.1) is 0 Å². The third-order valence-electron chi connectivity index (χ3n) is 5.22. The van der Waals surface area contributed by atoms with E-state index in [1.54, 1.807) is 43.1 Å². The second-order valence-electron chi connectivity index (χ2n) is 7.63. The summed E-state index contributed by atoms with van der Waals surface area (Å²) in [4.78, 5) is 25.1. The minimum absolute atomic E-state index is 0.164. The number of ether oxygens (including phenoxy) is 1. The summed E-state index contributed by atoms with van der Waals surface area (Å²) in [6.45, 7) is 0.363. The van der Waals surface area contributed by atoms with Crippen LogP contribution in [0.2, 0.25) is 0 Å². The number of benzene rings is 3. The van der Waals surface area contributed by atoms with Crippen LogP contribution in [0.1, 0.15) is 21.5 Å². The molecule has 0 saturated carbocycles. The predicted molar refractivity (Wildman–Crippen MR) is 129 cm³/mol. The summed E-state index contributed by atoms with van der Waals surface area (Å²) in [6.07, 6.45) is 0. The number of methoxy groups -OCH3 is 1. The molecule has 6 nitrogen and oxygen atoms in total. The molecule has 1 aliphatic heterocycles. The zero-order chi connectivity index (χ0) is 23.2. The number of hydrogen-bond acceptors (Lipinski definition) is 5. The van der Waals surface area contributed by atoms with E-state index in [2.05, 4.69) is 16.0 Å². The van der Waals surface area contributed by atoms with Gasteiger partial charge in [0.2, 0.25) is 5.91 Å². The molecule has 33 heavy (non-hydrogen) atoms. The summed E-state index contributed by atoms with van der Waals surface area (Å²) in [5, 5.41) is 8.99. The Morgan fingerprint density at radius 1 is 1.06 bits per heavy atom. The van der Waals surface area contributed by atoms with Crippen LogP contribution in [0.25, 0.3) is 0 Å². The van der Waals surface area contributed by atoms with E-state index in [1.807, 2.05) is 30.3 Å². The molecule has 8 heteroatoms. The van der Waals surface area contributed by atoms with Crippen molar-refractivity contribution in [2.24, 2.45) is 0 Å². The largest absolute Gasteiger partial charge is 0.497 e. The average Bonchev–Trinajstić information content (AvgIpc) is 2.82. The quantitative estimate of drug-likeness (QED) is 0.459. The Labute approximate surface area is 195 Å². The number of carbonyl (C=O) groups excluding carboxylic acids is 2. The van der Waals surface area contributed by atoms with Crippen molar-refractivity contribution < 1.29 is 18.7 Å². The molecular formula is C25H24FN3O3S. The van der Waals surface area contributed by atoms with Gasteiger partial charge in [-0.2, -0.15) is 11.8 Å². The lowest BCUT2D eigenvalue weighted by Crippen LogP contribution is -2.40. The third kappa shape index (κ3) is 5.84. The molecule has 0 fully saturated rings. The van der Waals surface area contributed by atoms with Crippen molar-refractivity contribution in [2.45, 2.75) is 18.3 Å². The molecule has 3 aromatic rings. The minimum Gasteiger partial charge on any atom is -0.497 e. The van der Waals surface area contributed by atoms with Gasteiger partial charge < -0.3 is 20.7 Å². The van der Waals surface area contributed by atoms with Crippen molar-refractivity contribution in [3.8, 4) is 5.75 Å². The van der Waals surface area contributed by atoms with Crippen LogP contribution in [0.4, 0.5) is 15.8 Å². The van der Waals surface area contributed by atoms with Gasteiger partial charge in [0.15, 0.2) is 0 Å². The Hall–Kier alpha value is -3.52. The number of rotatable bonds is 8. The molecule has 0 saturated heterocycles. The molecule has 0 spiro atoms. The van der Waals surface area contributed by atoms with Gasteiger partial charge in [0.1, 0.15) is 17.6 Å². The molecule has 4 rings (SSSR count). The van der Waals surface area contributed by atoms with Crippen LogP contribution in [0.3, 0.4) is 0 Å². The molecule has 0 aliphatic carbocycles. The van der Waals surface area contributed by atoms with Gasteiger partial charge in [0.25, 0.3) is 5.91 Å². The van der Waals surface area contributed by atoms with Gasteiger partial charge in [0, 0.05) is 23.6 Å². The van der Waals surface area contributed by atoms with E-state index >= 15 is 0 Å². The van der Waals surface area contributed by atoms with Crippen molar-refractivity contribution >= 4 is 35.0 Å². The van der Waals surface area contributed by atoms with Crippen LogP contribution in [0, 0.1) is 5.82 Å². The molecule has 3 N–H and O–H groups in total. The van der Waals surface area contributed by atoms with E-state index in [1.165, 1.54) is 12.1 Å². The second kappa shape index (κ2) is 10.4. The van der Waals surface area contributed by atoms with Gasteiger partial charge in [0.05, 0.1) is 18.5 Å². The standard InChI is InChI=1S/C25H24FN3O3S/c1-32-20-7-3-4-16(11-20)13-27-24(30)18-8-9-21-22(12-18)29-25(31)23(28-21)15-33-14-17-5-2-6-19(26)10-17/h2-12,23,28H,13-15H2,1H3,(H,27,30)(H,29,31). The number of nitrogens with one attached hydrogen (secondary N) is 3. The topological polar surface area (TPSA) is 79.5 Å². The molecule has 170 valence electrons. The number of thioether (sulfide) groups is 1. The fourth-order valence-corrected chi connectivity index (χ4v) is 4.50. The maximum atomic E-state index is 13.3. The lowest BCUT2D eigenvalue weighted by molar-refractivity contribution is -0.116. The van der Waals surface area contributed by atoms with Crippen LogP contribution in [0.5, 0.6) is 5.75 Å². The van der Waals surface area contributed by atoms with Crippen LogP contribution >= 0.6 is 11.8 Å². The Balaban J connectivity index is 1.33. The minimum atomic E-state index is -0.413. The SMILES string of the molecule is COc1cccc(CNC(=O)c2ccc3c(c2)NC(=O)C(CSCc2cccc(F)c2)N3)c1. The summed E-state index contributed by atoms with van der Waals surface area (Å²) in [5.74, 6) is 1.21. The lowest BCUT2D eigenvalue weighted by Gasteiger charge is -2.27. The monoisotopic (exact) mass is 465 g/mol. The summed E-state index contributed by atoms with van der Waals surface area (Å²) >= 11 is 1.55. The van der Waals surface area contributed by atoms with Gasteiger partial charge >= 0.3 is 0 Å². The fraction of sp³-hybridized carbons (Fsp3) is 0.200. The van der Waals surface area contributed by atoms with E-state index in [0.717, 1.165) is 22.6 Å². The Morgan fingerprint density at radius 2 is 1.88 bits per heavy atom. The molecular weight excluding hydrogens is 441 g/mol. The Bertz CT molecular complexity index is 1170. The number of halogens is 1. The highest BCUT2D eigenvalue weighted by Crippen LogP contribution is 2.29. The average molecular weight is 466 g/mol. The molecule has 2 amide bonds. The number of fused-ring (bicyclic) bond motifs is 1. The van der Waals surface area contributed by atoms with Gasteiger partial charge in [-0.25, -0.2) is 4.39 Å². The first-order chi connectivity index (χ1) is 16.0. The van der Waals surface area contributed by atoms with Crippen LogP contribution in [-0.2, 0) is 17.1 Å². The van der Waals surface area contributed by atoms with E-state index in [9.17, 15) is 14.0 Å². The van der Waals surface area contributed by atoms with E-state index in [0.29, 0.717) is 29.3 Å². The summed E-state index contributed by atoms with van der Waals surface area (Å²) in [6, 6.07) is 18.7. The molecule has 1 aliphatic rings. The van der Waals surface area contributed by atoms with Crippen molar-refractivity contribution in [1.82, 2.24) is 5.32 Å². The highest BCUT2D eigenvalue weighted by molar-refractivity contribution is 7.98. The smallest absolute Gasteiger partial charge is 0.251 e. The Morgan fingerprint density at radius 3 is 2.70 bits per heavy atom. The van der Waals surface area contributed by atoms with Crippen molar-refractivity contribution in [2.75, 3.05) is 23.5 Å². The maximum absolute atomic E-state index is 13.3. The van der Waals surface area contributed by atoms with Gasteiger partial charge in [-0.3, -0.25) is 9.59 Å².